The van der Waals surface area contributed by atoms with Gasteiger partial charge in [-0.05, 0) is 29.2 Å². The molecule has 1 amide bonds. The number of hydrogen-bond acceptors (Lipinski definition) is 1. The highest BCUT2D eigenvalue weighted by Gasteiger charge is 2.24. The predicted molar refractivity (Wildman–Crippen MR) is 104 cm³/mol. The fourth-order valence-corrected chi connectivity index (χ4v) is 3.37. The summed E-state index contributed by atoms with van der Waals surface area (Å²) in [5.74, 6) is -0.278. The van der Waals surface area contributed by atoms with Gasteiger partial charge in [0, 0.05) is 43.0 Å². The summed E-state index contributed by atoms with van der Waals surface area (Å²) in [5.41, 5.74) is 2.61. The van der Waals surface area contributed by atoms with Crippen molar-refractivity contribution in [2.45, 2.75) is 26.2 Å². The average Bonchev–Trinajstić information content (AvgIpc) is 2.96. The summed E-state index contributed by atoms with van der Waals surface area (Å²) >= 11 is 0. The van der Waals surface area contributed by atoms with E-state index >= 15 is 0 Å². The molecule has 0 bridgehead atoms. The van der Waals surface area contributed by atoms with Crippen LogP contribution in [-0.4, -0.2) is 17.0 Å². The van der Waals surface area contributed by atoms with Crippen LogP contribution in [0.25, 0.3) is 10.9 Å². The molecule has 0 saturated heterocycles. The molecule has 0 fully saturated rings. The highest BCUT2D eigenvalue weighted by molar-refractivity contribution is 5.86. The molecule has 0 aliphatic heterocycles. The molecule has 0 spiro atoms. The van der Waals surface area contributed by atoms with Crippen molar-refractivity contribution in [3.05, 3.63) is 71.7 Å². The molecule has 2 aromatic carbocycles. The van der Waals surface area contributed by atoms with E-state index in [1.165, 1.54) is 6.07 Å². The standard InChI is InChI=1S/C22H25FN2O/c1-15(2)13-24-22(26)12-18(16-8-4-6-10-20(16)23)19-14-25(3)21-11-7-5-9-17(19)21/h4-11,14-15,18H,12-13H2,1-3H3,(H,24,26)/t18-/m1/s1. The first-order valence-electron chi connectivity index (χ1n) is 9.02. The first-order valence-corrected chi connectivity index (χ1v) is 9.02. The molecule has 4 heteroatoms. The fraction of sp³-hybridized carbons (Fsp3) is 0.318. The topological polar surface area (TPSA) is 34.0 Å². The molecule has 136 valence electrons. The maximum Gasteiger partial charge on any atom is 0.220 e. The second-order valence-electron chi connectivity index (χ2n) is 7.19. The lowest BCUT2D eigenvalue weighted by molar-refractivity contribution is -0.121. The normalized spacial score (nSPS) is 12.5. The number of rotatable bonds is 6. The Morgan fingerprint density at radius 3 is 2.50 bits per heavy atom. The number of aromatic nitrogens is 1. The lowest BCUT2D eigenvalue weighted by Crippen LogP contribution is -2.29. The number of fused-ring (bicyclic) bond motifs is 1. The van der Waals surface area contributed by atoms with E-state index in [4.69, 9.17) is 0 Å². The van der Waals surface area contributed by atoms with Gasteiger partial charge < -0.3 is 9.88 Å². The van der Waals surface area contributed by atoms with E-state index in [1.54, 1.807) is 12.1 Å². The molecule has 0 saturated carbocycles. The molecule has 3 nitrogen and oxygen atoms in total. The number of amides is 1. The van der Waals surface area contributed by atoms with Gasteiger partial charge in [0.25, 0.3) is 0 Å². The SMILES string of the molecule is CC(C)CNC(=O)C[C@H](c1ccccc1F)c1cn(C)c2ccccc12. The van der Waals surface area contributed by atoms with Gasteiger partial charge in [-0.15, -0.1) is 0 Å². The van der Waals surface area contributed by atoms with Crippen molar-refractivity contribution < 1.29 is 9.18 Å². The van der Waals surface area contributed by atoms with Gasteiger partial charge >= 0.3 is 0 Å². The summed E-state index contributed by atoms with van der Waals surface area (Å²) in [4.78, 5) is 12.5. The fourth-order valence-electron chi connectivity index (χ4n) is 3.37. The highest BCUT2D eigenvalue weighted by atomic mass is 19.1. The van der Waals surface area contributed by atoms with Gasteiger partial charge in [0.2, 0.25) is 5.91 Å². The van der Waals surface area contributed by atoms with Gasteiger partial charge in [-0.1, -0.05) is 50.2 Å². The quantitative estimate of drug-likeness (QED) is 0.690. The lowest BCUT2D eigenvalue weighted by Gasteiger charge is -2.18. The van der Waals surface area contributed by atoms with E-state index in [2.05, 4.69) is 19.2 Å². The third-order valence-corrected chi connectivity index (χ3v) is 4.68. The van der Waals surface area contributed by atoms with E-state index in [1.807, 2.05) is 48.1 Å². The Kier molecular flexibility index (Phi) is 5.40. The zero-order chi connectivity index (χ0) is 18.7. The van der Waals surface area contributed by atoms with Gasteiger partial charge in [0.1, 0.15) is 5.82 Å². The number of nitrogens with zero attached hydrogens (tertiary/aromatic N) is 1. The van der Waals surface area contributed by atoms with Crippen molar-refractivity contribution in [3.63, 3.8) is 0 Å². The van der Waals surface area contributed by atoms with Crippen molar-refractivity contribution >= 4 is 16.8 Å². The van der Waals surface area contributed by atoms with Crippen LogP contribution in [0.5, 0.6) is 0 Å². The summed E-state index contributed by atoms with van der Waals surface area (Å²) < 4.78 is 16.6. The number of carbonyl (C=O) groups excluding carboxylic acids is 1. The number of benzene rings is 2. The largest absolute Gasteiger partial charge is 0.356 e. The Balaban J connectivity index is 2.03. The van der Waals surface area contributed by atoms with E-state index in [-0.39, 0.29) is 24.1 Å². The molecular weight excluding hydrogens is 327 g/mol. The van der Waals surface area contributed by atoms with Crippen LogP contribution in [0.4, 0.5) is 4.39 Å². The molecule has 1 heterocycles. The van der Waals surface area contributed by atoms with Crippen molar-refractivity contribution in [1.82, 2.24) is 9.88 Å². The number of para-hydroxylation sites is 1. The molecule has 0 radical (unpaired) electrons. The molecule has 1 aromatic heterocycles. The highest BCUT2D eigenvalue weighted by Crippen LogP contribution is 2.35. The van der Waals surface area contributed by atoms with Crippen LogP contribution >= 0.6 is 0 Å². The molecule has 3 aromatic rings. The van der Waals surface area contributed by atoms with E-state index in [0.29, 0.717) is 18.0 Å². The maximum atomic E-state index is 14.6. The summed E-state index contributed by atoms with van der Waals surface area (Å²) in [6.45, 7) is 4.73. The smallest absolute Gasteiger partial charge is 0.220 e. The first-order chi connectivity index (χ1) is 12.5. The monoisotopic (exact) mass is 352 g/mol. The van der Waals surface area contributed by atoms with Crippen LogP contribution in [0.2, 0.25) is 0 Å². The number of halogens is 1. The second-order valence-corrected chi connectivity index (χ2v) is 7.19. The summed E-state index contributed by atoms with van der Waals surface area (Å²) in [5, 5.41) is 4.01. The Bertz CT molecular complexity index is 913. The number of aryl methyl sites for hydroxylation is 1. The summed E-state index contributed by atoms with van der Waals surface area (Å²) in [6.07, 6.45) is 2.24. The average molecular weight is 352 g/mol. The van der Waals surface area contributed by atoms with Gasteiger partial charge in [0.15, 0.2) is 0 Å². The van der Waals surface area contributed by atoms with Gasteiger partial charge in [-0.25, -0.2) is 4.39 Å². The van der Waals surface area contributed by atoms with Crippen molar-refractivity contribution in [2.75, 3.05) is 6.54 Å². The van der Waals surface area contributed by atoms with E-state index in [9.17, 15) is 9.18 Å². The van der Waals surface area contributed by atoms with Gasteiger partial charge in [-0.2, -0.15) is 0 Å². The first kappa shape index (κ1) is 18.2. The summed E-state index contributed by atoms with van der Waals surface area (Å²) in [6, 6.07) is 14.8. The maximum absolute atomic E-state index is 14.6. The molecular formula is C22H25FN2O. The Hall–Kier alpha value is -2.62. The zero-order valence-corrected chi connectivity index (χ0v) is 15.5. The Morgan fingerprint density at radius 2 is 1.77 bits per heavy atom. The second kappa shape index (κ2) is 7.73. The molecule has 1 atom stereocenters. The van der Waals surface area contributed by atoms with Crippen molar-refractivity contribution in [2.24, 2.45) is 13.0 Å². The molecule has 3 rings (SSSR count). The van der Waals surface area contributed by atoms with Crippen LogP contribution in [0.1, 0.15) is 37.3 Å². The zero-order valence-electron chi connectivity index (χ0n) is 15.5. The molecule has 0 aliphatic carbocycles. The number of carbonyl (C=O) groups is 1. The van der Waals surface area contributed by atoms with Crippen molar-refractivity contribution in [3.8, 4) is 0 Å². The Morgan fingerprint density at radius 1 is 1.08 bits per heavy atom. The lowest BCUT2D eigenvalue weighted by atomic mass is 9.87. The van der Waals surface area contributed by atoms with Crippen molar-refractivity contribution in [1.29, 1.82) is 0 Å². The predicted octanol–water partition coefficient (Wildman–Crippen LogP) is 4.61. The third-order valence-electron chi connectivity index (χ3n) is 4.68. The minimum atomic E-state index is -0.325. The van der Waals surface area contributed by atoms with Crippen LogP contribution in [0, 0.1) is 11.7 Å². The minimum absolute atomic E-state index is 0.0557. The van der Waals surface area contributed by atoms with Crippen LogP contribution in [0.3, 0.4) is 0 Å². The molecule has 1 N–H and O–H groups in total. The van der Waals surface area contributed by atoms with Crippen LogP contribution in [-0.2, 0) is 11.8 Å². The third kappa shape index (κ3) is 3.79. The van der Waals surface area contributed by atoms with Gasteiger partial charge in [-0.3, -0.25) is 4.79 Å². The molecule has 26 heavy (non-hydrogen) atoms. The number of nitrogens with one attached hydrogen (secondary N) is 1. The van der Waals surface area contributed by atoms with E-state index in [0.717, 1.165) is 16.5 Å². The van der Waals surface area contributed by atoms with E-state index < -0.39 is 0 Å². The summed E-state index contributed by atoms with van der Waals surface area (Å²) in [7, 11) is 1.98. The minimum Gasteiger partial charge on any atom is -0.356 e. The van der Waals surface area contributed by atoms with Crippen LogP contribution in [0.15, 0.2) is 54.7 Å². The Labute approximate surface area is 153 Å². The van der Waals surface area contributed by atoms with Crippen LogP contribution < -0.4 is 5.32 Å². The number of hydrogen-bond donors (Lipinski definition) is 1. The molecule has 0 unspecified atom stereocenters. The van der Waals surface area contributed by atoms with Gasteiger partial charge in [0.05, 0.1) is 0 Å². The molecule has 0 aliphatic rings.